The number of hydrogen-bond donors (Lipinski definition) is 2. The molecule has 2 atom stereocenters. The van der Waals surface area contributed by atoms with Crippen LogP contribution in [-0.2, 0) is 20.9 Å². The maximum atomic E-state index is 15.0. The molecule has 11 heteroatoms. The van der Waals surface area contributed by atoms with Gasteiger partial charge in [-0.2, -0.15) is 0 Å². The van der Waals surface area contributed by atoms with Gasteiger partial charge in [-0.25, -0.2) is 0 Å². The number of thioether (sulfide) groups is 1. The molecular weight excluding hydrogens is 664 g/mol. The Morgan fingerprint density at radius 3 is 2.39 bits per heavy atom. The minimum Gasteiger partial charge on any atom is -0.387 e. The van der Waals surface area contributed by atoms with Crippen molar-refractivity contribution in [3.8, 4) is 0 Å². The molecule has 2 unspecified atom stereocenters. The molecule has 0 radical (unpaired) electrons. The van der Waals surface area contributed by atoms with Gasteiger partial charge in [-0.05, 0) is 48.9 Å². The number of aliphatic hydroxyl groups is 1. The highest BCUT2D eigenvalue weighted by Crippen LogP contribution is 2.55. The van der Waals surface area contributed by atoms with E-state index in [1.165, 1.54) is 11.8 Å². The Kier molecular flexibility index (Phi) is 8.79. The first-order valence-electron chi connectivity index (χ1n) is 14.4. The van der Waals surface area contributed by atoms with Crippen LogP contribution in [0.3, 0.4) is 0 Å². The van der Waals surface area contributed by atoms with Gasteiger partial charge in [0.1, 0.15) is 11.4 Å². The third kappa shape index (κ3) is 5.88. The standard InChI is InChI=1S/C33H32BrClN4O4S/c1-21-2-9-25(10-3-21)44-33(32(43)38-14-12-37(13-15-38)30(42)20-40)17-29(41)39(19-22-4-6-23(34)7-5-22)31(33)27-18-36-28-16-24(35)8-11-26(27)28/h2-11,16,18,31,36,40H,12-15,17,19-20H2,1H3. The summed E-state index contributed by atoms with van der Waals surface area (Å²) in [4.78, 5) is 50.7. The van der Waals surface area contributed by atoms with Crippen LogP contribution in [0.2, 0.25) is 5.02 Å². The number of carbonyl (C=O) groups excluding carboxylic acids is 3. The van der Waals surface area contributed by atoms with Crippen LogP contribution < -0.4 is 0 Å². The predicted octanol–water partition coefficient (Wildman–Crippen LogP) is 5.56. The molecule has 2 saturated heterocycles. The normalized spacial score (nSPS) is 20.5. The number of fused-ring (bicyclic) bond motifs is 1. The Labute approximate surface area is 273 Å². The molecular formula is C33H32BrClN4O4S. The first-order valence-corrected chi connectivity index (χ1v) is 16.4. The zero-order valence-electron chi connectivity index (χ0n) is 24.1. The van der Waals surface area contributed by atoms with Gasteiger partial charge >= 0.3 is 0 Å². The highest BCUT2D eigenvalue weighted by atomic mass is 79.9. The summed E-state index contributed by atoms with van der Waals surface area (Å²) >= 11 is 11.3. The second-order valence-electron chi connectivity index (χ2n) is 11.3. The number of piperazine rings is 1. The largest absolute Gasteiger partial charge is 0.387 e. The van der Waals surface area contributed by atoms with Crippen molar-refractivity contribution in [3.05, 3.63) is 99.1 Å². The SMILES string of the molecule is Cc1ccc(SC2(C(=O)N3CCN(C(=O)CO)CC3)CC(=O)N(Cc3ccc(Br)cc3)C2c2c[nH]c3cc(Cl)ccc23)cc1. The van der Waals surface area contributed by atoms with Gasteiger partial charge in [-0.3, -0.25) is 14.4 Å². The van der Waals surface area contributed by atoms with Gasteiger partial charge < -0.3 is 24.8 Å². The van der Waals surface area contributed by atoms with Crippen molar-refractivity contribution in [3.63, 3.8) is 0 Å². The molecule has 3 heterocycles. The lowest BCUT2D eigenvalue weighted by molar-refractivity contribution is -0.142. The van der Waals surface area contributed by atoms with Crippen LogP contribution in [0, 0.1) is 6.92 Å². The number of amides is 3. The summed E-state index contributed by atoms with van der Waals surface area (Å²) in [6, 6.07) is 20.9. The number of rotatable bonds is 7. The molecule has 2 fully saturated rings. The smallest absolute Gasteiger partial charge is 0.248 e. The topological polar surface area (TPSA) is 97.0 Å². The van der Waals surface area contributed by atoms with Crippen LogP contribution in [0.4, 0.5) is 0 Å². The number of aromatic amines is 1. The van der Waals surface area contributed by atoms with Gasteiger partial charge in [0.25, 0.3) is 0 Å². The van der Waals surface area contributed by atoms with Gasteiger partial charge in [0.2, 0.25) is 17.7 Å². The molecule has 0 bridgehead atoms. The first-order chi connectivity index (χ1) is 21.2. The van der Waals surface area contributed by atoms with Crippen LogP contribution in [0.25, 0.3) is 10.9 Å². The monoisotopic (exact) mass is 694 g/mol. The number of halogens is 2. The fraction of sp³-hybridized carbons (Fsp3) is 0.303. The number of likely N-dealkylation sites (tertiary alicyclic amines) is 1. The second kappa shape index (κ2) is 12.6. The van der Waals surface area contributed by atoms with Crippen molar-refractivity contribution in [2.45, 2.75) is 35.6 Å². The van der Waals surface area contributed by atoms with E-state index in [9.17, 15) is 19.5 Å². The predicted molar refractivity (Wildman–Crippen MR) is 175 cm³/mol. The maximum absolute atomic E-state index is 15.0. The van der Waals surface area contributed by atoms with Crippen molar-refractivity contribution in [2.75, 3.05) is 32.8 Å². The quantitative estimate of drug-likeness (QED) is 0.264. The zero-order chi connectivity index (χ0) is 31.0. The molecule has 2 aliphatic heterocycles. The first kappa shape index (κ1) is 30.7. The third-order valence-electron chi connectivity index (χ3n) is 8.46. The second-order valence-corrected chi connectivity index (χ2v) is 14.1. The maximum Gasteiger partial charge on any atom is 0.248 e. The lowest BCUT2D eigenvalue weighted by atomic mass is 9.90. The summed E-state index contributed by atoms with van der Waals surface area (Å²) in [7, 11) is 0. The molecule has 2 aliphatic rings. The van der Waals surface area contributed by atoms with Crippen molar-refractivity contribution >= 4 is 67.9 Å². The molecule has 8 nitrogen and oxygen atoms in total. The number of aliphatic hydroxyl groups excluding tert-OH is 1. The number of benzene rings is 3. The minimum absolute atomic E-state index is 0.0155. The minimum atomic E-state index is -1.19. The van der Waals surface area contributed by atoms with Crippen LogP contribution in [0.5, 0.6) is 0 Å². The highest BCUT2D eigenvalue weighted by molar-refractivity contribution is 9.10. The molecule has 6 rings (SSSR count). The number of H-pyrrole nitrogens is 1. The fourth-order valence-corrected chi connectivity index (χ4v) is 8.13. The fourth-order valence-electron chi connectivity index (χ4n) is 6.22. The molecule has 0 saturated carbocycles. The highest BCUT2D eigenvalue weighted by Gasteiger charge is 2.59. The Balaban J connectivity index is 1.48. The Morgan fingerprint density at radius 2 is 1.70 bits per heavy atom. The van der Waals surface area contributed by atoms with E-state index in [0.717, 1.165) is 37.0 Å². The van der Waals surface area contributed by atoms with E-state index in [0.29, 0.717) is 37.7 Å². The summed E-state index contributed by atoms with van der Waals surface area (Å²) < 4.78 is -0.253. The van der Waals surface area contributed by atoms with Gasteiger partial charge in [0.05, 0.1) is 12.5 Å². The average molecular weight is 696 g/mol. The summed E-state index contributed by atoms with van der Waals surface area (Å²) in [6.07, 6.45) is 1.91. The molecule has 0 aliphatic carbocycles. The van der Waals surface area contributed by atoms with E-state index in [2.05, 4.69) is 20.9 Å². The molecule has 1 aromatic heterocycles. The number of hydrogen-bond acceptors (Lipinski definition) is 5. The number of aryl methyl sites for hydroxylation is 1. The summed E-state index contributed by atoms with van der Waals surface area (Å²) in [5.74, 6) is -0.602. The molecule has 44 heavy (non-hydrogen) atoms. The van der Waals surface area contributed by atoms with Crippen LogP contribution in [0.15, 0.2) is 82.3 Å². The van der Waals surface area contributed by atoms with E-state index in [-0.39, 0.29) is 24.1 Å². The molecule has 2 N–H and O–H groups in total. The molecule has 228 valence electrons. The van der Waals surface area contributed by atoms with Gasteiger partial charge in [0, 0.05) is 69.8 Å². The van der Waals surface area contributed by atoms with Crippen LogP contribution in [-0.4, -0.2) is 80.0 Å². The lowest BCUT2D eigenvalue weighted by Crippen LogP contribution is -2.57. The van der Waals surface area contributed by atoms with E-state index in [1.807, 2.05) is 84.8 Å². The van der Waals surface area contributed by atoms with E-state index >= 15 is 0 Å². The Morgan fingerprint density at radius 1 is 1.02 bits per heavy atom. The molecule has 3 aromatic carbocycles. The molecule has 0 spiro atoms. The van der Waals surface area contributed by atoms with E-state index < -0.39 is 17.4 Å². The van der Waals surface area contributed by atoms with Crippen LogP contribution >= 0.6 is 39.3 Å². The average Bonchev–Trinajstić information content (AvgIpc) is 3.55. The number of nitrogens with zero attached hydrogens (tertiary/aromatic N) is 3. The number of aromatic nitrogens is 1. The van der Waals surface area contributed by atoms with E-state index in [4.69, 9.17) is 11.6 Å². The summed E-state index contributed by atoms with van der Waals surface area (Å²) in [6.45, 7) is 3.07. The number of nitrogens with one attached hydrogen (secondary N) is 1. The van der Waals surface area contributed by atoms with Crippen molar-refractivity contribution < 1.29 is 19.5 Å². The zero-order valence-corrected chi connectivity index (χ0v) is 27.3. The third-order valence-corrected chi connectivity index (χ3v) is 10.6. The Bertz CT molecular complexity index is 1710. The van der Waals surface area contributed by atoms with Crippen LogP contribution in [0.1, 0.15) is 29.2 Å². The van der Waals surface area contributed by atoms with Gasteiger partial charge in [-0.1, -0.05) is 63.4 Å². The van der Waals surface area contributed by atoms with Crippen molar-refractivity contribution in [2.24, 2.45) is 0 Å². The molecule has 3 amide bonds. The van der Waals surface area contributed by atoms with Crippen molar-refractivity contribution in [1.82, 2.24) is 19.7 Å². The summed E-state index contributed by atoms with van der Waals surface area (Å²) in [5, 5.41) is 10.9. The van der Waals surface area contributed by atoms with E-state index in [1.54, 1.807) is 9.80 Å². The summed E-state index contributed by atoms with van der Waals surface area (Å²) in [5.41, 5.74) is 3.73. The van der Waals surface area contributed by atoms with Crippen molar-refractivity contribution in [1.29, 1.82) is 0 Å². The lowest BCUT2D eigenvalue weighted by Gasteiger charge is -2.42. The Hall–Kier alpha value is -3.31. The number of carbonyl (C=O) groups is 3. The van der Waals surface area contributed by atoms with Gasteiger partial charge in [0.15, 0.2) is 0 Å². The molecule has 4 aromatic rings. The van der Waals surface area contributed by atoms with Gasteiger partial charge in [-0.15, -0.1) is 11.8 Å².